The second kappa shape index (κ2) is 4.08. The molecule has 1 saturated carbocycles. The monoisotopic (exact) mass is 285 g/mol. The topological polar surface area (TPSA) is 87.8 Å². The van der Waals surface area contributed by atoms with Crippen molar-refractivity contribution in [2.45, 2.75) is 24.2 Å². The first kappa shape index (κ1) is 12.7. The lowest BCUT2D eigenvalue weighted by atomic mass is 9.81. The van der Waals surface area contributed by atoms with E-state index in [1.807, 2.05) is 0 Å². The van der Waals surface area contributed by atoms with Gasteiger partial charge < -0.3 is 9.52 Å². The molecule has 6 nitrogen and oxygen atoms in total. The molecule has 2 heterocycles. The Bertz CT molecular complexity index is 594. The van der Waals surface area contributed by atoms with E-state index in [4.69, 9.17) is 4.42 Å². The van der Waals surface area contributed by atoms with Crippen LogP contribution < -0.4 is 0 Å². The normalized spacial score (nSPS) is 31.5. The van der Waals surface area contributed by atoms with Gasteiger partial charge in [0.15, 0.2) is 0 Å². The van der Waals surface area contributed by atoms with Gasteiger partial charge in [0.05, 0.1) is 11.7 Å². The second-order valence-corrected chi connectivity index (χ2v) is 7.24. The molecule has 19 heavy (non-hydrogen) atoms. The molecule has 1 aliphatic carbocycles. The van der Waals surface area contributed by atoms with Gasteiger partial charge in [-0.05, 0) is 24.8 Å². The number of rotatable bonds is 3. The summed E-state index contributed by atoms with van der Waals surface area (Å²) in [6.07, 6.45) is 4.68. The second-order valence-electron chi connectivity index (χ2n) is 5.31. The lowest BCUT2D eigenvalue weighted by molar-refractivity contribution is -0.149. The Morgan fingerprint density at radius 2 is 2.32 bits per heavy atom. The van der Waals surface area contributed by atoms with Crippen molar-refractivity contribution in [2.75, 3.05) is 13.1 Å². The van der Waals surface area contributed by atoms with Gasteiger partial charge in [-0.15, -0.1) is 0 Å². The van der Waals surface area contributed by atoms with Crippen molar-refractivity contribution in [3.05, 3.63) is 18.6 Å². The number of carbonyl (C=O) groups is 1. The first-order chi connectivity index (χ1) is 8.97. The molecule has 2 aliphatic rings. The molecule has 3 rings (SSSR count). The Morgan fingerprint density at radius 3 is 2.89 bits per heavy atom. The first-order valence-electron chi connectivity index (χ1n) is 6.22. The summed E-state index contributed by atoms with van der Waals surface area (Å²) in [5.74, 6) is -0.952. The highest BCUT2D eigenvalue weighted by molar-refractivity contribution is 7.89. The van der Waals surface area contributed by atoms with Crippen LogP contribution in [-0.4, -0.2) is 36.9 Å². The average Bonchev–Trinajstić information content (AvgIpc) is 3.04. The van der Waals surface area contributed by atoms with Crippen molar-refractivity contribution in [1.82, 2.24) is 4.31 Å². The predicted octanol–water partition coefficient (Wildman–Crippen LogP) is 1.16. The zero-order chi connectivity index (χ0) is 13.7. The fourth-order valence-electron chi connectivity index (χ4n) is 3.32. The van der Waals surface area contributed by atoms with E-state index in [-0.39, 0.29) is 17.4 Å². The van der Waals surface area contributed by atoms with E-state index in [0.717, 1.165) is 12.8 Å². The standard InChI is InChI=1S/C12H15NO5S/c14-11(15)12-4-1-2-9(12)6-13(8-12)19(16,17)10-3-5-18-7-10/h3,5,7,9H,1-2,4,6,8H2,(H,14,15)/t9-,12+/m0/s1. The van der Waals surface area contributed by atoms with Crippen LogP contribution in [0.3, 0.4) is 0 Å². The van der Waals surface area contributed by atoms with Gasteiger partial charge in [-0.3, -0.25) is 4.79 Å². The van der Waals surface area contributed by atoms with Gasteiger partial charge >= 0.3 is 5.97 Å². The minimum Gasteiger partial charge on any atom is -0.481 e. The molecule has 2 atom stereocenters. The molecular weight excluding hydrogens is 270 g/mol. The van der Waals surface area contributed by atoms with E-state index >= 15 is 0 Å². The molecule has 104 valence electrons. The van der Waals surface area contributed by atoms with Gasteiger partial charge in [0.2, 0.25) is 10.0 Å². The van der Waals surface area contributed by atoms with Crippen LogP contribution >= 0.6 is 0 Å². The molecule has 0 unspecified atom stereocenters. The highest BCUT2D eigenvalue weighted by Crippen LogP contribution is 2.50. The molecule has 0 aromatic carbocycles. The van der Waals surface area contributed by atoms with E-state index < -0.39 is 21.4 Å². The van der Waals surface area contributed by atoms with Crippen LogP contribution in [0.5, 0.6) is 0 Å². The average molecular weight is 285 g/mol. The summed E-state index contributed by atoms with van der Waals surface area (Å²) in [7, 11) is -3.63. The Hall–Kier alpha value is -1.34. The predicted molar refractivity (Wildman–Crippen MR) is 64.9 cm³/mol. The van der Waals surface area contributed by atoms with E-state index in [1.165, 1.54) is 22.9 Å². The SMILES string of the molecule is O=C(O)[C@@]12CCC[C@H]1CN(S(=O)(=O)c1ccoc1)C2. The van der Waals surface area contributed by atoms with Crippen molar-refractivity contribution in [3.8, 4) is 0 Å². The molecule has 7 heteroatoms. The number of furan rings is 1. The first-order valence-corrected chi connectivity index (χ1v) is 7.66. The van der Waals surface area contributed by atoms with Crippen molar-refractivity contribution in [1.29, 1.82) is 0 Å². The van der Waals surface area contributed by atoms with Crippen LogP contribution in [0.2, 0.25) is 0 Å². The third kappa shape index (κ3) is 1.72. The Morgan fingerprint density at radius 1 is 1.53 bits per heavy atom. The number of aliphatic carboxylic acids is 1. The van der Waals surface area contributed by atoms with Gasteiger partial charge in [0, 0.05) is 13.1 Å². The molecule has 0 spiro atoms. The highest BCUT2D eigenvalue weighted by atomic mass is 32.2. The molecule has 1 aromatic heterocycles. The molecule has 0 radical (unpaired) electrons. The Labute approximate surface area is 111 Å². The third-order valence-electron chi connectivity index (χ3n) is 4.40. The summed E-state index contributed by atoms with van der Waals surface area (Å²) < 4.78 is 30.8. The number of fused-ring (bicyclic) bond motifs is 1. The largest absolute Gasteiger partial charge is 0.481 e. The van der Waals surface area contributed by atoms with Crippen LogP contribution in [0.25, 0.3) is 0 Å². The minimum absolute atomic E-state index is 0.0700. The van der Waals surface area contributed by atoms with Gasteiger partial charge in [-0.1, -0.05) is 6.42 Å². The number of hydrogen-bond donors (Lipinski definition) is 1. The molecule has 1 N–H and O–H groups in total. The van der Waals surface area contributed by atoms with Crippen LogP contribution in [0.15, 0.2) is 27.9 Å². The molecule has 1 aromatic rings. The van der Waals surface area contributed by atoms with Crippen molar-refractivity contribution in [3.63, 3.8) is 0 Å². The molecule has 0 amide bonds. The Balaban J connectivity index is 1.93. The summed E-state index contributed by atoms with van der Waals surface area (Å²) in [6, 6.07) is 1.39. The maximum Gasteiger partial charge on any atom is 0.311 e. The van der Waals surface area contributed by atoms with Crippen molar-refractivity contribution < 1.29 is 22.7 Å². The highest BCUT2D eigenvalue weighted by Gasteiger charge is 2.57. The fraction of sp³-hybridized carbons (Fsp3) is 0.583. The van der Waals surface area contributed by atoms with E-state index in [1.54, 1.807) is 0 Å². The lowest BCUT2D eigenvalue weighted by Crippen LogP contribution is -2.37. The summed E-state index contributed by atoms with van der Waals surface area (Å²) >= 11 is 0. The lowest BCUT2D eigenvalue weighted by Gasteiger charge is -2.23. The van der Waals surface area contributed by atoms with Crippen LogP contribution in [0.4, 0.5) is 0 Å². The zero-order valence-corrected chi connectivity index (χ0v) is 11.1. The van der Waals surface area contributed by atoms with Gasteiger partial charge in [0.1, 0.15) is 11.2 Å². The fourth-order valence-corrected chi connectivity index (χ4v) is 4.80. The van der Waals surface area contributed by atoms with Crippen molar-refractivity contribution in [2.24, 2.45) is 11.3 Å². The van der Waals surface area contributed by atoms with Gasteiger partial charge in [-0.2, -0.15) is 4.31 Å². The number of carboxylic acid groups (broad SMARTS) is 1. The summed E-state index contributed by atoms with van der Waals surface area (Å²) in [4.78, 5) is 11.6. The molecular formula is C12H15NO5S. The van der Waals surface area contributed by atoms with E-state index in [2.05, 4.69) is 0 Å². The molecule has 0 bridgehead atoms. The van der Waals surface area contributed by atoms with E-state index in [9.17, 15) is 18.3 Å². The molecule has 2 fully saturated rings. The van der Waals surface area contributed by atoms with Gasteiger partial charge in [-0.25, -0.2) is 8.42 Å². The molecule has 1 saturated heterocycles. The zero-order valence-electron chi connectivity index (χ0n) is 10.3. The van der Waals surface area contributed by atoms with Crippen LogP contribution in [0, 0.1) is 11.3 Å². The quantitative estimate of drug-likeness (QED) is 0.900. The summed E-state index contributed by atoms with van der Waals surface area (Å²) in [5.41, 5.74) is -0.892. The number of nitrogens with zero attached hydrogens (tertiary/aromatic N) is 1. The number of hydrogen-bond acceptors (Lipinski definition) is 4. The van der Waals surface area contributed by atoms with E-state index in [0.29, 0.717) is 13.0 Å². The summed E-state index contributed by atoms with van der Waals surface area (Å²) in [6.45, 7) is 0.361. The maximum absolute atomic E-state index is 12.4. The van der Waals surface area contributed by atoms with Gasteiger partial charge in [0.25, 0.3) is 0 Å². The summed E-state index contributed by atoms with van der Waals surface area (Å²) in [5, 5.41) is 9.45. The van der Waals surface area contributed by atoms with Crippen LogP contribution in [0.1, 0.15) is 19.3 Å². The maximum atomic E-state index is 12.4. The number of carboxylic acids is 1. The number of sulfonamides is 1. The Kier molecular flexibility index (Phi) is 2.72. The smallest absolute Gasteiger partial charge is 0.311 e. The molecule has 1 aliphatic heterocycles. The van der Waals surface area contributed by atoms with Crippen LogP contribution in [-0.2, 0) is 14.8 Å². The third-order valence-corrected chi connectivity index (χ3v) is 6.18. The van der Waals surface area contributed by atoms with Crippen molar-refractivity contribution >= 4 is 16.0 Å². The minimum atomic E-state index is -3.63.